The maximum absolute atomic E-state index is 13.0. The van der Waals surface area contributed by atoms with Crippen molar-refractivity contribution in [3.8, 4) is 0 Å². The Kier molecular flexibility index (Phi) is 6.14. The summed E-state index contributed by atoms with van der Waals surface area (Å²) in [5.74, 6) is -1.32. The summed E-state index contributed by atoms with van der Waals surface area (Å²) >= 11 is 0. The Balaban J connectivity index is 1.77. The zero-order valence-corrected chi connectivity index (χ0v) is 16.6. The molecule has 1 aliphatic heterocycles. The van der Waals surface area contributed by atoms with Gasteiger partial charge in [-0.3, -0.25) is 9.59 Å². The fraction of sp³-hybridized carbons (Fsp3) is 0.333. The van der Waals surface area contributed by atoms with Crippen molar-refractivity contribution in [3.05, 3.63) is 71.8 Å². The number of benzene rings is 2. The van der Waals surface area contributed by atoms with E-state index in [4.69, 9.17) is 0 Å². The number of sulfone groups is 1. The van der Waals surface area contributed by atoms with Gasteiger partial charge in [0.1, 0.15) is 0 Å². The minimum Gasteiger partial charge on any atom is -0.333 e. The van der Waals surface area contributed by atoms with Crippen molar-refractivity contribution in [1.29, 1.82) is 0 Å². The number of rotatable bonds is 5. The molecule has 0 aromatic heterocycles. The van der Waals surface area contributed by atoms with Crippen molar-refractivity contribution in [2.45, 2.75) is 25.6 Å². The van der Waals surface area contributed by atoms with Gasteiger partial charge >= 0.3 is 11.8 Å². The SMILES string of the molecule is CN(C(=O)C(=O)N(Cc1ccccc1)Cc1ccccc1)C1CCS(=O)(=O)C1. The lowest BCUT2D eigenvalue weighted by atomic mass is 10.1. The summed E-state index contributed by atoms with van der Waals surface area (Å²) in [5, 5.41) is 0. The predicted molar refractivity (Wildman–Crippen MR) is 107 cm³/mol. The third-order valence-electron chi connectivity index (χ3n) is 4.98. The molecule has 1 saturated heterocycles. The third kappa shape index (κ3) is 4.98. The second-order valence-corrected chi connectivity index (χ2v) is 9.33. The molecule has 3 rings (SSSR count). The van der Waals surface area contributed by atoms with Crippen LogP contribution in [0.4, 0.5) is 0 Å². The van der Waals surface area contributed by atoms with Gasteiger partial charge in [0.15, 0.2) is 9.84 Å². The van der Waals surface area contributed by atoms with Crippen LogP contribution in [-0.4, -0.2) is 54.6 Å². The average molecular weight is 401 g/mol. The summed E-state index contributed by atoms with van der Waals surface area (Å²) < 4.78 is 23.4. The van der Waals surface area contributed by atoms with Gasteiger partial charge in [0.25, 0.3) is 0 Å². The lowest BCUT2D eigenvalue weighted by Gasteiger charge is -2.28. The van der Waals surface area contributed by atoms with E-state index in [0.29, 0.717) is 19.5 Å². The molecule has 6 nitrogen and oxygen atoms in total. The van der Waals surface area contributed by atoms with E-state index in [1.54, 1.807) is 0 Å². The monoisotopic (exact) mass is 400 g/mol. The molecule has 1 atom stereocenters. The van der Waals surface area contributed by atoms with Crippen LogP contribution in [0.25, 0.3) is 0 Å². The van der Waals surface area contributed by atoms with Crippen LogP contribution < -0.4 is 0 Å². The number of nitrogens with zero attached hydrogens (tertiary/aromatic N) is 2. The summed E-state index contributed by atoms with van der Waals surface area (Å²) in [6, 6.07) is 18.5. The molecular weight excluding hydrogens is 376 g/mol. The van der Waals surface area contributed by atoms with Gasteiger partial charge in [-0.15, -0.1) is 0 Å². The van der Waals surface area contributed by atoms with E-state index in [1.165, 1.54) is 16.8 Å². The molecule has 0 aliphatic carbocycles. The van der Waals surface area contributed by atoms with Crippen molar-refractivity contribution >= 4 is 21.7 Å². The molecule has 28 heavy (non-hydrogen) atoms. The van der Waals surface area contributed by atoms with Crippen molar-refractivity contribution in [2.75, 3.05) is 18.6 Å². The molecule has 1 aliphatic rings. The number of hydrogen-bond donors (Lipinski definition) is 0. The van der Waals surface area contributed by atoms with Gasteiger partial charge < -0.3 is 9.80 Å². The first-order valence-corrected chi connectivity index (χ1v) is 11.0. The summed E-state index contributed by atoms with van der Waals surface area (Å²) in [6.07, 6.45) is 0.370. The van der Waals surface area contributed by atoms with E-state index in [0.717, 1.165) is 11.1 Å². The van der Waals surface area contributed by atoms with Crippen LogP contribution >= 0.6 is 0 Å². The van der Waals surface area contributed by atoms with Crippen LogP contribution in [0.3, 0.4) is 0 Å². The third-order valence-corrected chi connectivity index (χ3v) is 6.73. The van der Waals surface area contributed by atoms with Gasteiger partial charge in [-0.25, -0.2) is 8.42 Å². The Morgan fingerprint density at radius 3 is 1.82 bits per heavy atom. The molecule has 2 amide bonds. The van der Waals surface area contributed by atoms with Gasteiger partial charge in [0.05, 0.1) is 11.5 Å². The van der Waals surface area contributed by atoms with Gasteiger partial charge in [0.2, 0.25) is 0 Å². The molecule has 0 radical (unpaired) electrons. The number of hydrogen-bond acceptors (Lipinski definition) is 4. The van der Waals surface area contributed by atoms with Gasteiger partial charge in [-0.05, 0) is 17.5 Å². The average Bonchev–Trinajstić information content (AvgIpc) is 3.07. The Morgan fingerprint density at radius 2 is 1.39 bits per heavy atom. The first-order valence-electron chi connectivity index (χ1n) is 9.20. The topological polar surface area (TPSA) is 74.8 Å². The molecule has 0 spiro atoms. The molecule has 1 heterocycles. The molecular formula is C21H24N2O4S. The minimum atomic E-state index is -3.14. The van der Waals surface area contributed by atoms with Crippen LogP contribution in [0.1, 0.15) is 17.5 Å². The second kappa shape index (κ2) is 8.56. The summed E-state index contributed by atoms with van der Waals surface area (Å²) in [4.78, 5) is 28.6. The van der Waals surface area contributed by atoms with E-state index in [-0.39, 0.29) is 11.5 Å². The fourth-order valence-corrected chi connectivity index (χ4v) is 5.11. The van der Waals surface area contributed by atoms with Crippen LogP contribution in [0, 0.1) is 0 Å². The van der Waals surface area contributed by atoms with E-state index in [1.807, 2.05) is 60.7 Å². The molecule has 0 N–H and O–H groups in total. The lowest BCUT2D eigenvalue weighted by Crippen LogP contribution is -2.47. The van der Waals surface area contributed by atoms with E-state index in [9.17, 15) is 18.0 Å². The van der Waals surface area contributed by atoms with E-state index in [2.05, 4.69) is 0 Å². The summed E-state index contributed by atoms with van der Waals surface area (Å²) in [6.45, 7) is 0.605. The summed E-state index contributed by atoms with van der Waals surface area (Å²) in [7, 11) is -1.63. The highest BCUT2D eigenvalue weighted by Gasteiger charge is 2.36. The zero-order chi connectivity index (χ0) is 20.1. The number of carbonyl (C=O) groups excluding carboxylic acids is 2. The maximum atomic E-state index is 13.0. The normalized spacial score (nSPS) is 17.8. The van der Waals surface area contributed by atoms with Crippen molar-refractivity contribution < 1.29 is 18.0 Å². The molecule has 148 valence electrons. The number of carbonyl (C=O) groups is 2. The highest BCUT2D eigenvalue weighted by atomic mass is 32.2. The smallest absolute Gasteiger partial charge is 0.312 e. The Morgan fingerprint density at radius 1 is 0.893 bits per heavy atom. The highest BCUT2D eigenvalue weighted by Crippen LogP contribution is 2.18. The van der Waals surface area contributed by atoms with Crippen LogP contribution in [0.15, 0.2) is 60.7 Å². The molecule has 7 heteroatoms. The van der Waals surface area contributed by atoms with Crippen LogP contribution in [-0.2, 0) is 32.5 Å². The molecule has 1 unspecified atom stereocenters. The molecule has 1 fully saturated rings. The van der Waals surface area contributed by atoms with E-state index < -0.39 is 27.7 Å². The Hall–Kier alpha value is -2.67. The van der Waals surface area contributed by atoms with Crippen molar-refractivity contribution in [3.63, 3.8) is 0 Å². The number of amides is 2. The van der Waals surface area contributed by atoms with Crippen LogP contribution in [0.5, 0.6) is 0 Å². The molecule has 0 saturated carbocycles. The summed E-state index contributed by atoms with van der Waals surface area (Å²) in [5.41, 5.74) is 1.84. The van der Waals surface area contributed by atoms with Gasteiger partial charge in [0, 0.05) is 26.2 Å². The molecule has 0 bridgehead atoms. The Labute approximate surface area is 165 Å². The quantitative estimate of drug-likeness (QED) is 0.718. The molecule has 2 aromatic carbocycles. The fourth-order valence-electron chi connectivity index (χ4n) is 3.34. The predicted octanol–water partition coefficient (Wildman–Crippen LogP) is 1.86. The zero-order valence-electron chi connectivity index (χ0n) is 15.8. The van der Waals surface area contributed by atoms with Crippen molar-refractivity contribution in [2.24, 2.45) is 0 Å². The van der Waals surface area contributed by atoms with Gasteiger partial charge in [-0.1, -0.05) is 60.7 Å². The second-order valence-electron chi connectivity index (χ2n) is 7.11. The largest absolute Gasteiger partial charge is 0.333 e. The highest BCUT2D eigenvalue weighted by molar-refractivity contribution is 7.91. The van der Waals surface area contributed by atoms with E-state index >= 15 is 0 Å². The maximum Gasteiger partial charge on any atom is 0.312 e. The Bertz CT molecular complexity index is 888. The van der Waals surface area contributed by atoms with Gasteiger partial charge in [-0.2, -0.15) is 0 Å². The minimum absolute atomic E-state index is 0.0568. The lowest BCUT2D eigenvalue weighted by molar-refractivity contribution is -0.152. The first kappa shape index (κ1) is 20.1. The van der Waals surface area contributed by atoms with Crippen LogP contribution in [0.2, 0.25) is 0 Å². The number of likely N-dealkylation sites (N-methyl/N-ethyl adjacent to an activating group) is 1. The van der Waals surface area contributed by atoms with Crippen molar-refractivity contribution in [1.82, 2.24) is 9.80 Å². The molecule has 2 aromatic rings. The standard InChI is InChI=1S/C21H24N2O4S/c1-22(19-12-13-28(26,27)16-19)20(24)21(25)23(14-17-8-4-2-5-9-17)15-18-10-6-3-7-11-18/h2-11,19H,12-16H2,1H3. The first-order chi connectivity index (χ1) is 13.4.